The fraction of sp³-hybridized carbons (Fsp3) is 0.950. The minimum absolute atomic E-state index is 0.220. The number of aliphatic hydroxyl groups excluding tert-OH is 6. The lowest BCUT2D eigenvalue weighted by Gasteiger charge is -2.40. The molecule has 10 nitrogen and oxygen atoms in total. The number of halogens is 1. The Bertz CT molecular complexity index is 847. The van der Waals surface area contributed by atoms with Crippen LogP contribution in [0.15, 0.2) is 11.9 Å². The van der Waals surface area contributed by atoms with Gasteiger partial charge in [0.05, 0.1) is 44.5 Å². The van der Waals surface area contributed by atoms with Crippen LogP contribution in [0, 0.1) is 5.92 Å². The molecule has 2 saturated heterocycles. The Balaban J connectivity index is 1.74. The van der Waals surface area contributed by atoms with Gasteiger partial charge in [-0.05, 0) is 38.3 Å². The second-order valence-electron chi connectivity index (χ2n) is 15.1. The quantitative estimate of drug-likeness (QED) is 0.0473. The third-order valence-corrected chi connectivity index (χ3v) is 10.6. The van der Waals surface area contributed by atoms with E-state index in [4.69, 9.17) is 14.2 Å². The van der Waals surface area contributed by atoms with Gasteiger partial charge in [0.2, 0.25) is 0 Å². The minimum Gasteiger partial charge on any atom is -0.394 e. The molecule has 0 aromatic heterocycles. The lowest BCUT2D eigenvalue weighted by atomic mass is 9.93. The van der Waals surface area contributed by atoms with Gasteiger partial charge in [-0.25, -0.2) is 4.39 Å². The van der Waals surface area contributed by atoms with Gasteiger partial charge in [-0.3, -0.25) is 4.90 Å². The molecule has 0 radical (unpaired) electrons. The molecule has 0 saturated carbocycles. The molecule has 0 amide bonds. The summed E-state index contributed by atoms with van der Waals surface area (Å²) in [5, 5.41) is 62.1. The van der Waals surface area contributed by atoms with Crippen LogP contribution in [0.4, 0.5) is 4.39 Å². The number of aliphatic hydroxyl groups is 6. The van der Waals surface area contributed by atoms with E-state index in [2.05, 4.69) is 11.8 Å². The van der Waals surface area contributed by atoms with Crippen LogP contribution in [0.5, 0.6) is 0 Å². The Morgan fingerprint density at radius 3 is 1.84 bits per heavy atom. The highest BCUT2D eigenvalue weighted by Gasteiger charge is 2.44. The first-order chi connectivity index (χ1) is 24.8. The predicted molar refractivity (Wildman–Crippen MR) is 199 cm³/mol. The van der Waals surface area contributed by atoms with Gasteiger partial charge in [0.1, 0.15) is 24.4 Å². The molecule has 302 valence electrons. The van der Waals surface area contributed by atoms with Crippen LogP contribution in [0.2, 0.25) is 0 Å². The van der Waals surface area contributed by atoms with Crippen LogP contribution in [0.25, 0.3) is 0 Å². The standard InChI is InChI=1S/C40H76FNO9/c1-2-3-4-5-6-7-8-9-10-14-17-20-23-34(44)36(45)32(31-50-40-39(48)38(47)37(46)35(30-43)51-40)29-33(41)22-19-16-13-11-12-15-18-21-24-42-25-27-49-28-26-42/h29,32,34-40,43-48H,2-28,30-31H2,1H3/b33-29+/t32-,34+,35?,36-,37?,38?,39?,40?/m0/s1. The maximum Gasteiger partial charge on any atom is 0.186 e. The van der Waals surface area contributed by atoms with Crippen LogP contribution in [-0.2, 0) is 14.2 Å². The molecular weight excluding hydrogens is 657 g/mol. The molecule has 0 bridgehead atoms. The summed E-state index contributed by atoms with van der Waals surface area (Å²) >= 11 is 0. The largest absolute Gasteiger partial charge is 0.394 e. The van der Waals surface area contributed by atoms with Crippen molar-refractivity contribution in [3.05, 3.63) is 11.9 Å². The number of allylic oxidation sites excluding steroid dienone is 1. The van der Waals surface area contributed by atoms with Crippen LogP contribution in [0.3, 0.4) is 0 Å². The van der Waals surface area contributed by atoms with Crippen molar-refractivity contribution in [3.8, 4) is 0 Å². The molecule has 6 N–H and O–H groups in total. The summed E-state index contributed by atoms with van der Waals surface area (Å²) in [7, 11) is 0. The minimum atomic E-state index is -1.61. The number of rotatable bonds is 31. The van der Waals surface area contributed by atoms with Gasteiger partial charge in [-0.15, -0.1) is 0 Å². The molecule has 0 aliphatic carbocycles. The van der Waals surface area contributed by atoms with Crippen molar-refractivity contribution in [3.63, 3.8) is 0 Å². The van der Waals surface area contributed by atoms with E-state index >= 15 is 4.39 Å². The smallest absolute Gasteiger partial charge is 0.186 e. The number of morpholine rings is 1. The normalized spacial score (nSPS) is 25.3. The molecule has 2 heterocycles. The molecule has 5 unspecified atom stereocenters. The first-order valence-corrected chi connectivity index (χ1v) is 20.7. The Labute approximate surface area is 308 Å². The van der Waals surface area contributed by atoms with Gasteiger partial charge < -0.3 is 44.8 Å². The Hall–Kier alpha value is -0.730. The van der Waals surface area contributed by atoms with Crippen molar-refractivity contribution in [1.29, 1.82) is 0 Å². The molecular formula is C40H76FNO9. The zero-order valence-corrected chi connectivity index (χ0v) is 31.9. The third-order valence-electron chi connectivity index (χ3n) is 10.6. The molecule has 11 heteroatoms. The SMILES string of the molecule is CCCCCCCCCCCCCC[C@@H](O)[C@@H](O)[C@@H](/C=C(/F)CCCCCCCCCCN1CCOCC1)COC1OC(CO)C(O)C(O)C1O. The van der Waals surface area contributed by atoms with Gasteiger partial charge in [0.15, 0.2) is 6.29 Å². The van der Waals surface area contributed by atoms with Crippen molar-refractivity contribution < 1.29 is 49.2 Å². The summed E-state index contributed by atoms with van der Waals surface area (Å²) in [6.07, 6.45) is 15.1. The second kappa shape index (κ2) is 29.6. The van der Waals surface area contributed by atoms with E-state index in [-0.39, 0.29) is 13.0 Å². The van der Waals surface area contributed by atoms with E-state index in [1.165, 1.54) is 83.1 Å². The summed E-state index contributed by atoms with van der Waals surface area (Å²) in [4.78, 5) is 2.47. The Morgan fingerprint density at radius 1 is 0.745 bits per heavy atom. The topological polar surface area (TPSA) is 152 Å². The summed E-state index contributed by atoms with van der Waals surface area (Å²) < 4.78 is 31.7. The summed E-state index contributed by atoms with van der Waals surface area (Å²) in [5.74, 6) is -1.32. The molecule has 2 aliphatic rings. The predicted octanol–water partition coefficient (Wildman–Crippen LogP) is 5.93. The zero-order chi connectivity index (χ0) is 37.1. The van der Waals surface area contributed by atoms with Crippen LogP contribution in [0.1, 0.15) is 148 Å². The highest BCUT2D eigenvalue weighted by atomic mass is 19.1. The fourth-order valence-electron chi connectivity index (χ4n) is 7.14. The van der Waals surface area contributed by atoms with Crippen LogP contribution >= 0.6 is 0 Å². The van der Waals surface area contributed by atoms with E-state index in [1.54, 1.807) is 0 Å². The zero-order valence-electron chi connectivity index (χ0n) is 31.9. The summed E-state index contributed by atoms with van der Waals surface area (Å²) in [5.41, 5.74) is 0. The van der Waals surface area contributed by atoms with E-state index in [0.717, 1.165) is 77.8 Å². The number of ether oxygens (including phenoxy) is 3. The lowest BCUT2D eigenvalue weighted by molar-refractivity contribution is -0.303. The highest BCUT2D eigenvalue weighted by molar-refractivity contribution is 5.00. The van der Waals surface area contributed by atoms with Gasteiger partial charge >= 0.3 is 0 Å². The Morgan fingerprint density at radius 2 is 1.27 bits per heavy atom. The van der Waals surface area contributed by atoms with E-state index in [9.17, 15) is 30.6 Å². The molecule has 2 aliphatic heterocycles. The first kappa shape index (κ1) is 46.4. The fourth-order valence-corrected chi connectivity index (χ4v) is 7.14. The average Bonchev–Trinajstić information content (AvgIpc) is 3.14. The number of nitrogens with zero attached hydrogens (tertiary/aromatic N) is 1. The third kappa shape index (κ3) is 20.5. The summed E-state index contributed by atoms with van der Waals surface area (Å²) in [6, 6.07) is 0. The van der Waals surface area contributed by atoms with Gasteiger partial charge in [-0.1, -0.05) is 122 Å². The van der Waals surface area contributed by atoms with Crippen molar-refractivity contribution in [2.45, 2.75) is 191 Å². The number of hydrogen-bond donors (Lipinski definition) is 6. The van der Waals surface area contributed by atoms with Crippen molar-refractivity contribution >= 4 is 0 Å². The van der Waals surface area contributed by atoms with E-state index in [0.29, 0.717) is 12.8 Å². The van der Waals surface area contributed by atoms with Crippen molar-refractivity contribution in [2.24, 2.45) is 5.92 Å². The van der Waals surface area contributed by atoms with Crippen molar-refractivity contribution in [1.82, 2.24) is 4.90 Å². The van der Waals surface area contributed by atoms with Gasteiger partial charge in [0.25, 0.3) is 0 Å². The van der Waals surface area contributed by atoms with Crippen LogP contribution < -0.4 is 0 Å². The number of hydrogen-bond acceptors (Lipinski definition) is 10. The van der Waals surface area contributed by atoms with Crippen LogP contribution in [-0.4, -0.2) is 125 Å². The lowest BCUT2D eigenvalue weighted by Crippen LogP contribution is -2.59. The summed E-state index contributed by atoms with van der Waals surface area (Å²) in [6.45, 7) is 6.25. The second-order valence-corrected chi connectivity index (χ2v) is 15.1. The number of unbranched alkanes of at least 4 members (excludes halogenated alkanes) is 18. The Kier molecular flexibility index (Phi) is 26.9. The molecule has 51 heavy (non-hydrogen) atoms. The maximum atomic E-state index is 15.2. The highest BCUT2D eigenvalue weighted by Crippen LogP contribution is 2.26. The molecule has 2 fully saturated rings. The van der Waals surface area contributed by atoms with Gasteiger partial charge in [-0.2, -0.15) is 0 Å². The molecule has 2 rings (SSSR count). The van der Waals surface area contributed by atoms with Crippen molar-refractivity contribution in [2.75, 3.05) is 46.1 Å². The molecule has 0 aromatic carbocycles. The molecule has 8 atom stereocenters. The average molecular weight is 734 g/mol. The van der Waals surface area contributed by atoms with Gasteiger partial charge in [0, 0.05) is 19.0 Å². The van der Waals surface area contributed by atoms with E-state index in [1.807, 2.05) is 0 Å². The molecule has 0 aromatic rings. The monoisotopic (exact) mass is 734 g/mol. The first-order valence-electron chi connectivity index (χ1n) is 20.7. The van der Waals surface area contributed by atoms with E-state index < -0.39 is 61.3 Å². The maximum absolute atomic E-state index is 15.2. The molecule has 0 spiro atoms.